The highest BCUT2D eigenvalue weighted by Gasteiger charge is 2.42. The third kappa shape index (κ3) is 3.60. The molecule has 5 nitrogen and oxygen atoms in total. The first-order valence-corrected chi connectivity index (χ1v) is 7.39. The quantitative estimate of drug-likeness (QED) is 0.685. The monoisotopic (exact) mass is 290 g/mol. The molecule has 0 aromatic carbocycles. The summed E-state index contributed by atoms with van der Waals surface area (Å²) in [5.41, 5.74) is -0.605. The van der Waals surface area contributed by atoms with Crippen LogP contribution in [0.5, 0.6) is 0 Å². The van der Waals surface area contributed by atoms with Crippen molar-refractivity contribution in [2.45, 2.75) is 44.6 Å². The molecule has 2 atom stereocenters. The van der Waals surface area contributed by atoms with Crippen molar-refractivity contribution < 1.29 is 14.3 Å². The predicted octanol–water partition coefficient (Wildman–Crippen LogP) is 2.32. The number of ether oxygens (including phenoxy) is 1. The van der Waals surface area contributed by atoms with Crippen LogP contribution in [0.15, 0.2) is 24.4 Å². The predicted molar refractivity (Wildman–Crippen MR) is 78.7 cm³/mol. The molecule has 0 unspecified atom stereocenters. The lowest BCUT2D eigenvalue weighted by Crippen LogP contribution is -2.55. The summed E-state index contributed by atoms with van der Waals surface area (Å²) in [6, 6.07) is 5.14. The molecule has 0 saturated heterocycles. The second-order valence-electron chi connectivity index (χ2n) is 5.78. The van der Waals surface area contributed by atoms with Gasteiger partial charge in [0, 0.05) is 6.20 Å². The molecule has 1 aliphatic carbocycles. The Bertz CT molecular complexity index is 504. The van der Waals surface area contributed by atoms with Crippen molar-refractivity contribution in [1.82, 2.24) is 10.3 Å². The summed E-state index contributed by atoms with van der Waals surface area (Å²) in [5.74, 6) is -0.125. The fourth-order valence-corrected chi connectivity index (χ4v) is 2.87. The van der Waals surface area contributed by atoms with Gasteiger partial charge in [0.25, 0.3) is 5.91 Å². The van der Waals surface area contributed by atoms with Gasteiger partial charge in [-0.15, -0.1) is 0 Å². The van der Waals surface area contributed by atoms with Crippen LogP contribution in [0, 0.1) is 5.92 Å². The zero-order valence-corrected chi connectivity index (χ0v) is 12.6. The van der Waals surface area contributed by atoms with Crippen molar-refractivity contribution in [3.8, 4) is 0 Å². The first-order chi connectivity index (χ1) is 10.1. The largest absolute Gasteiger partial charge is 0.467 e. The summed E-state index contributed by atoms with van der Waals surface area (Å²) in [5, 5.41) is 2.88. The Balaban J connectivity index is 2.20. The molecule has 1 heterocycles. The first kappa shape index (κ1) is 15.5. The SMILES string of the molecule is COC(=O)[C@@]1(NC(=O)c2ccccn2)CCC[C@H](C)CC1. The number of rotatable bonds is 3. The van der Waals surface area contributed by atoms with Crippen molar-refractivity contribution in [2.75, 3.05) is 7.11 Å². The number of hydrogen-bond donors (Lipinski definition) is 1. The molecule has 1 amide bonds. The number of hydrogen-bond acceptors (Lipinski definition) is 4. The van der Waals surface area contributed by atoms with E-state index in [2.05, 4.69) is 17.2 Å². The number of pyridine rings is 1. The highest BCUT2D eigenvalue weighted by molar-refractivity contribution is 5.96. The van der Waals surface area contributed by atoms with E-state index in [9.17, 15) is 9.59 Å². The Labute approximate surface area is 125 Å². The van der Waals surface area contributed by atoms with Gasteiger partial charge in [-0.1, -0.05) is 25.8 Å². The van der Waals surface area contributed by atoms with E-state index < -0.39 is 5.54 Å². The highest BCUT2D eigenvalue weighted by Crippen LogP contribution is 2.31. The highest BCUT2D eigenvalue weighted by atomic mass is 16.5. The molecular weight excluding hydrogens is 268 g/mol. The lowest BCUT2D eigenvalue weighted by molar-refractivity contribution is -0.148. The van der Waals surface area contributed by atoms with E-state index in [4.69, 9.17) is 4.74 Å². The number of esters is 1. The molecule has 0 aliphatic heterocycles. The molecule has 1 aromatic heterocycles. The average molecular weight is 290 g/mol. The molecule has 0 bridgehead atoms. The van der Waals surface area contributed by atoms with E-state index in [-0.39, 0.29) is 11.9 Å². The molecule has 1 aromatic rings. The second kappa shape index (κ2) is 6.70. The van der Waals surface area contributed by atoms with Crippen LogP contribution in [-0.2, 0) is 9.53 Å². The Hall–Kier alpha value is -1.91. The maximum Gasteiger partial charge on any atom is 0.331 e. The van der Waals surface area contributed by atoms with E-state index in [1.54, 1.807) is 24.4 Å². The first-order valence-electron chi connectivity index (χ1n) is 7.39. The van der Waals surface area contributed by atoms with Crippen LogP contribution in [0.25, 0.3) is 0 Å². The maximum absolute atomic E-state index is 12.4. The number of carbonyl (C=O) groups excluding carboxylic acids is 2. The van der Waals surface area contributed by atoms with Crippen molar-refractivity contribution in [2.24, 2.45) is 5.92 Å². The van der Waals surface area contributed by atoms with Gasteiger partial charge < -0.3 is 10.1 Å². The van der Waals surface area contributed by atoms with Gasteiger partial charge >= 0.3 is 5.97 Å². The zero-order valence-electron chi connectivity index (χ0n) is 12.6. The summed E-state index contributed by atoms with van der Waals surface area (Å²) in [6.07, 6.45) is 5.66. The lowest BCUT2D eigenvalue weighted by Gasteiger charge is -2.30. The van der Waals surface area contributed by atoms with E-state index in [0.29, 0.717) is 24.5 Å². The summed E-state index contributed by atoms with van der Waals surface area (Å²) >= 11 is 0. The van der Waals surface area contributed by atoms with Crippen molar-refractivity contribution in [3.63, 3.8) is 0 Å². The van der Waals surface area contributed by atoms with Gasteiger partial charge in [0.1, 0.15) is 11.2 Å². The molecule has 1 fully saturated rings. The van der Waals surface area contributed by atoms with E-state index in [0.717, 1.165) is 19.3 Å². The van der Waals surface area contributed by atoms with Crippen LogP contribution in [0.1, 0.15) is 49.5 Å². The molecule has 1 aliphatic rings. The number of nitrogens with zero attached hydrogens (tertiary/aromatic N) is 1. The van der Waals surface area contributed by atoms with Crippen molar-refractivity contribution >= 4 is 11.9 Å². The molecule has 1 N–H and O–H groups in total. The van der Waals surface area contributed by atoms with Gasteiger partial charge in [-0.3, -0.25) is 9.78 Å². The zero-order chi connectivity index (χ0) is 15.3. The summed E-state index contributed by atoms with van der Waals surface area (Å²) in [6.45, 7) is 2.17. The van der Waals surface area contributed by atoms with Gasteiger partial charge in [-0.05, 0) is 37.3 Å². The maximum atomic E-state index is 12.4. The normalized spacial score (nSPS) is 25.7. The topological polar surface area (TPSA) is 68.3 Å². The number of aromatic nitrogens is 1. The van der Waals surface area contributed by atoms with Crippen LogP contribution in [0.3, 0.4) is 0 Å². The number of nitrogens with one attached hydrogen (secondary N) is 1. The summed E-state index contributed by atoms with van der Waals surface area (Å²) in [4.78, 5) is 28.6. The minimum atomic E-state index is -0.923. The van der Waals surface area contributed by atoms with Crippen molar-refractivity contribution in [1.29, 1.82) is 0 Å². The molecule has 2 rings (SSSR count). The fourth-order valence-electron chi connectivity index (χ4n) is 2.87. The second-order valence-corrected chi connectivity index (χ2v) is 5.78. The number of carbonyl (C=O) groups is 2. The minimum absolute atomic E-state index is 0.318. The molecule has 5 heteroatoms. The third-order valence-corrected chi connectivity index (χ3v) is 4.19. The van der Waals surface area contributed by atoms with E-state index >= 15 is 0 Å². The minimum Gasteiger partial charge on any atom is -0.467 e. The average Bonchev–Trinajstić information content (AvgIpc) is 2.70. The van der Waals surface area contributed by atoms with Gasteiger partial charge in [0.15, 0.2) is 0 Å². The molecule has 0 radical (unpaired) electrons. The third-order valence-electron chi connectivity index (χ3n) is 4.19. The summed E-state index contributed by atoms with van der Waals surface area (Å²) < 4.78 is 4.95. The van der Waals surface area contributed by atoms with E-state index in [1.165, 1.54) is 7.11 Å². The van der Waals surface area contributed by atoms with Crippen molar-refractivity contribution in [3.05, 3.63) is 30.1 Å². The van der Waals surface area contributed by atoms with Crippen LogP contribution in [0.2, 0.25) is 0 Å². The van der Waals surface area contributed by atoms with E-state index in [1.807, 2.05) is 0 Å². The van der Waals surface area contributed by atoms with Gasteiger partial charge in [0.05, 0.1) is 7.11 Å². The van der Waals surface area contributed by atoms with Gasteiger partial charge in [-0.2, -0.15) is 0 Å². The Morgan fingerprint density at radius 1 is 1.33 bits per heavy atom. The van der Waals surface area contributed by atoms with Crippen LogP contribution in [-0.4, -0.2) is 29.5 Å². The Morgan fingerprint density at radius 2 is 2.14 bits per heavy atom. The van der Waals surface area contributed by atoms with Crippen LogP contribution < -0.4 is 5.32 Å². The standard InChI is InChI=1S/C16H22N2O3/c1-12-6-5-9-16(10-8-12,15(20)21-2)18-14(19)13-7-3-4-11-17-13/h3-4,7,11-12H,5-6,8-10H2,1-2H3,(H,18,19)/t12-,16+/m0/s1. The molecular formula is C16H22N2O3. The smallest absolute Gasteiger partial charge is 0.331 e. The Kier molecular flexibility index (Phi) is 4.94. The molecule has 1 saturated carbocycles. The molecule has 21 heavy (non-hydrogen) atoms. The lowest BCUT2D eigenvalue weighted by atomic mass is 9.89. The number of amides is 1. The molecule has 114 valence electrons. The molecule has 0 spiro atoms. The Morgan fingerprint density at radius 3 is 2.81 bits per heavy atom. The van der Waals surface area contributed by atoms with Crippen LogP contribution in [0.4, 0.5) is 0 Å². The van der Waals surface area contributed by atoms with Gasteiger partial charge in [-0.25, -0.2) is 4.79 Å². The summed E-state index contributed by atoms with van der Waals surface area (Å²) in [7, 11) is 1.37. The fraction of sp³-hybridized carbons (Fsp3) is 0.562. The van der Waals surface area contributed by atoms with Gasteiger partial charge in [0.2, 0.25) is 0 Å². The number of methoxy groups -OCH3 is 1. The van der Waals surface area contributed by atoms with Crippen LogP contribution >= 0.6 is 0 Å².